The summed E-state index contributed by atoms with van der Waals surface area (Å²) in [4.78, 5) is 30.7. The first-order chi connectivity index (χ1) is 47.5. The number of hydrogen-bond acceptors (Lipinski definition) is 6. The van der Waals surface area contributed by atoms with Gasteiger partial charge in [-0.3, -0.25) is 9.97 Å². The Kier molecular flexibility index (Phi) is 13.8. The van der Waals surface area contributed by atoms with Gasteiger partial charge in [-0.25, -0.2) is 19.9 Å². The molecule has 4 heterocycles. The minimum atomic E-state index is 0.610. The molecule has 0 unspecified atom stereocenters. The molecule has 0 aliphatic carbocycles. The molecular weight excluding hydrogens is 1170 g/mol. The van der Waals surface area contributed by atoms with Gasteiger partial charge in [0.1, 0.15) is 0 Å². The fourth-order valence-electron chi connectivity index (χ4n) is 14.0. The van der Waals surface area contributed by atoms with E-state index in [9.17, 15) is 0 Å². The van der Waals surface area contributed by atoms with Crippen LogP contribution in [0.4, 0.5) is 0 Å². The van der Waals surface area contributed by atoms with Gasteiger partial charge in [0.15, 0.2) is 11.6 Å². The standard InChI is InChI=1S/C90H56N6/c1-2-18-63(19-3-1)89-93-83(59-33-37-61(38-34-59)87-76-31-10-6-20-67(76)51-80-74-29-8-4-16-57(74)41-43-78(80)87)54-85(95-89)70-25-12-22-64(48-70)66-45-47-92-82(53-66)69-24-14-27-72(50-69)90-94-84(55-86(96-90)71-26-13-23-65(49-71)73-28-15-46-91-56-73)60-35-39-62(40-36-60)88-77-32-11-7-21-68(77)52-81-75-30-9-5-17-58(75)42-44-79(81)88/h1-56H. The Bertz CT molecular complexity index is 6070. The second kappa shape index (κ2) is 23.7. The van der Waals surface area contributed by atoms with Crippen molar-refractivity contribution in [3.8, 4) is 124 Å². The lowest BCUT2D eigenvalue weighted by Crippen LogP contribution is -1.97. The highest BCUT2D eigenvalue weighted by Gasteiger charge is 2.19. The summed E-state index contributed by atoms with van der Waals surface area (Å²) >= 11 is 0. The molecule has 0 aliphatic rings. The molecule has 0 radical (unpaired) electrons. The molecule has 0 amide bonds. The van der Waals surface area contributed by atoms with Crippen LogP contribution < -0.4 is 0 Å². The summed E-state index contributed by atoms with van der Waals surface area (Å²) in [5.41, 5.74) is 19.7. The summed E-state index contributed by atoms with van der Waals surface area (Å²) in [7, 11) is 0. The van der Waals surface area contributed by atoms with Crippen molar-refractivity contribution in [1.82, 2.24) is 29.9 Å². The average molecular weight is 1220 g/mol. The second-order valence-corrected chi connectivity index (χ2v) is 24.6. The molecule has 14 aromatic carbocycles. The molecule has 6 heteroatoms. The van der Waals surface area contributed by atoms with Crippen molar-refractivity contribution in [3.05, 3.63) is 340 Å². The number of nitrogens with zero attached hydrogens (tertiary/aromatic N) is 6. The Morgan fingerprint density at radius 2 is 0.573 bits per heavy atom. The number of hydrogen-bond donors (Lipinski definition) is 0. The highest BCUT2D eigenvalue weighted by atomic mass is 14.9. The van der Waals surface area contributed by atoms with Crippen LogP contribution in [0, 0.1) is 0 Å². The Hall–Kier alpha value is -12.9. The van der Waals surface area contributed by atoms with Gasteiger partial charge in [0.25, 0.3) is 0 Å². The maximum absolute atomic E-state index is 5.40. The predicted octanol–water partition coefficient (Wildman–Crippen LogP) is 23.3. The molecule has 0 N–H and O–H groups in total. The van der Waals surface area contributed by atoms with E-state index in [1.807, 2.05) is 36.7 Å². The minimum absolute atomic E-state index is 0.610. The van der Waals surface area contributed by atoms with Crippen LogP contribution >= 0.6 is 0 Å². The summed E-state index contributed by atoms with van der Waals surface area (Å²) in [6, 6.07) is 115. The molecule has 4 aromatic heterocycles. The van der Waals surface area contributed by atoms with Crippen molar-refractivity contribution in [2.45, 2.75) is 0 Å². The lowest BCUT2D eigenvalue weighted by molar-refractivity contribution is 1.18. The first kappa shape index (κ1) is 55.9. The van der Waals surface area contributed by atoms with Gasteiger partial charge in [0.2, 0.25) is 0 Å². The lowest BCUT2D eigenvalue weighted by atomic mass is 9.89. The number of fused-ring (bicyclic) bond motifs is 8. The van der Waals surface area contributed by atoms with Crippen LogP contribution in [-0.4, -0.2) is 29.9 Å². The monoisotopic (exact) mass is 1220 g/mol. The van der Waals surface area contributed by atoms with Gasteiger partial charge in [-0.15, -0.1) is 0 Å². The van der Waals surface area contributed by atoms with E-state index < -0.39 is 0 Å². The number of rotatable bonds is 11. The Morgan fingerprint density at radius 3 is 1.10 bits per heavy atom. The molecular formula is C90H56N6. The van der Waals surface area contributed by atoms with E-state index in [1.165, 1.54) is 75.8 Å². The first-order valence-corrected chi connectivity index (χ1v) is 32.4. The number of benzene rings is 14. The Balaban J connectivity index is 0.691. The number of pyridine rings is 2. The van der Waals surface area contributed by atoms with E-state index >= 15 is 0 Å². The topological polar surface area (TPSA) is 77.3 Å². The van der Waals surface area contributed by atoms with Crippen molar-refractivity contribution < 1.29 is 0 Å². The summed E-state index contributed by atoms with van der Waals surface area (Å²) in [6.45, 7) is 0. The smallest absolute Gasteiger partial charge is 0.160 e. The van der Waals surface area contributed by atoms with Crippen LogP contribution in [0.15, 0.2) is 340 Å². The molecule has 18 aromatic rings. The Morgan fingerprint density at radius 1 is 0.177 bits per heavy atom. The zero-order valence-corrected chi connectivity index (χ0v) is 52.0. The van der Waals surface area contributed by atoms with Crippen molar-refractivity contribution in [3.63, 3.8) is 0 Å². The van der Waals surface area contributed by atoms with Gasteiger partial charge in [-0.05, 0) is 164 Å². The molecule has 0 bridgehead atoms. The van der Waals surface area contributed by atoms with Gasteiger partial charge in [0, 0.05) is 63.1 Å². The van der Waals surface area contributed by atoms with Gasteiger partial charge in [-0.1, -0.05) is 261 Å². The quantitative estimate of drug-likeness (QED) is 0.0949. The summed E-state index contributed by atoms with van der Waals surface area (Å²) < 4.78 is 0. The maximum atomic E-state index is 5.40. The predicted molar refractivity (Wildman–Crippen MR) is 398 cm³/mol. The van der Waals surface area contributed by atoms with Crippen LogP contribution in [0.2, 0.25) is 0 Å². The van der Waals surface area contributed by atoms with E-state index in [-0.39, 0.29) is 0 Å². The highest BCUT2D eigenvalue weighted by molar-refractivity contribution is 6.21. The molecule has 446 valence electrons. The zero-order chi connectivity index (χ0) is 63.5. The van der Waals surface area contributed by atoms with E-state index in [4.69, 9.17) is 24.9 Å². The third-order valence-electron chi connectivity index (χ3n) is 18.8. The molecule has 6 nitrogen and oxygen atoms in total. The van der Waals surface area contributed by atoms with E-state index in [0.29, 0.717) is 11.6 Å². The summed E-state index contributed by atoms with van der Waals surface area (Å²) in [5, 5.41) is 14.8. The van der Waals surface area contributed by atoms with E-state index in [2.05, 4.69) is 302 Å². The van der Waals surface area contributed by atoms with Crippen LogP contribution in [0.25, 0.3) is 188 Å². The third kappa shape index (κ3) is 10.3. The summed E-state index contributed by atoms with van der Waals surface area (Å²) in [6.07, 6.45) is 5.59. The molecule has 0 saturated carbocycles. The average Bonchev–Trinajstić information content (AvgIpc) is 0.755. The molecule has 0 spiro atoms. The zero-order valence-electron chi connectivity index (χ0n) is 52.0. The molecule has 0 fully saturated rings. The molecule has 0 atom stereocenters. The van der Waals surface area contributed by atoms with E-state index in [1.54, 1.807) is 6.20 Å². The largest absolute Gasteiger partial charge is 0.264 e. The van der Waals surface area contributed by atoms with Crippen LogP contribution in [0.3, 0.4) is 0 Å². The highest BCUT2D eigenvalue weighted by Crippen LogP contribution is 2.43. The van der Waals surface area contributed by atoms with Gasteiger partial charge in [-0.2, -0.15) is 0 Å². The van der Waals surface area contributed by atoms with Crippen molar-refractivity contribution in [1.29, 1.82) is 0 Å². The van der Waals surface area contributed by atoms with Crippen molar-refractivity contribution in [2.75, 3.05) is 0 Å². The number of aromatic nitrogens is 6. The third-order valence-corrected chi connectivity index (χ3v) is 18.8. The van der Waals surface area contributed by atoms with Gasteiger partial charge in [0.05, 0.1) is 28.5 Å². The molecule has 18 rings (SSSR count). The fourth-order valence-corrected chi connectivity index (χ4v) is 14.0. The fraction of sp³-hybridized carbons (Fsp3) is 0. The lowest BCUT2D eigenvalue weighted by Gasteiger charge is -2.15. The van der Waals surface area contributed by atoms with Crippen molar-refractivity contribution in [2.24, 2.45) is 0 Å². The molecule has 0 aliphatic heterocycles. The summed E-state index contributed by atoms with van der Waals surface area (Å²) in [5.74, 6) is 1.27. The van der Waals surface area contributed by atoms with E-state index in [0.717, 1.165) is 101 Å². The molecule has 0 saturated heterocycles. The minimum Gasteiger partial charge on any atom is -0.264 e. The first-order valence-electron chi connectivity index (χ1n) is 32.4. The SMILES string of the molecule is c1ccc(-c2nc(-c3ccc(-c4c5ccccc5cc5c4ccc4ccccc45)cc3)cc(-c3cccc(-c4ccnc(-c5cccc(-c6nc(-c7ccc(-c8c9ccccc9cc9c8ccc8ccccc89)cc7)cc(-c7cccc(-c8cccnc8)c7)n6)c5)c4)c3)n2)cc1. The van der Waals surface area contributed by atoms with Crippen LogP contribution in [-0.2, 0) is 0 Å². The Labute approximate surface area is 554 Å². The van der Waals surface area contributed by atoms with Crippen LogP contribution in [0.1, 0.15) is 0 Å². The molecule has 96 heavy (non-hydrogen) atoms. The van der Waals surface area contributed by atoms with Gasteiger partial charge < -0.3 is 0 Å². The maximum Gasteiger partial charge on any atom is 0.160 e. The normalized spacial score (nSPS) is 11.5. The second-order valence-electron chi connectivity index (χ2n) is 24.6. The van der Waals surface area contributed by atoms with Gasteiger partial charge >= 0.3 is 0 Å². The van der Waals surface area contributed by atoms with Crippen LogP contribution in [0.5, 0.6) is 0 Å². The van der Waals surface area contributed by atoms with Crippen molar-refractivity contribution >= 4 is 64.6 Å².